The second-order valence-electron chi connectivity index (χ2n) is 7.13. The highest BCUT2D eigenvalue weighted by Crippen LogP contribution is 2.18. The molecule has 7 N–H and O–H groups in total. The predicted molar refractivity (Wildman–Crippen MR) is 116 cm³/mol. The largest absolute Gasteiger partial charge is 0.382 e. The molecule has 0 aliphatic rings. The number of carbonyl (C=O) groups is 2. The van der Waals surface area contributed by atoms with Gasteiger partial charge in [-0.05, 0) is 30.1 Å². The molecule has 3 atom stereocenters. The van der Waals surface area contributed by atoms with E-state index >= 15 is 0 Å². The molecule has 0 saturated carbocycles. The number of rotatable bonds is 13. The molecule has 0 spiro atoms. The first-order valence-corrected chi connectivity index (χ1v) is 9.77. The Morgan fingerprint density at radius 2 is 1.68 bits per heavy atom. The minimum Gasteiger partial charge on any atom is -0.382 e. The Bertz CT molecular complexity index is 799. The highest BCUT2D eigenvalue weighted by atomic mass is 19.1. The van der Waals surface area contributed by atoms with E-state index in [2.05, 4.69) is 23.8 Å². The van der Waals surface area contributed by atoms with E-state index in [9.17, 15) is 23.5 Å². The van der Waals surface area contributed by atoms with Gasteiger partial charge in [0.05, 0.1) is 0 Å². The van der Waals surface area contributed by atoms with E-state index in [1.165, 1.54) is 0 Å². The molecule has 170 valence electrons. The summed E-state index contributed by atoms with van der Waals surface area (Å²) in [5.41, 5.74) is 12.5. The normalized spacial score (nSPS) is 14.3. The van der Waals surface area contributed by atoms with Crippen LogP contribution in [0.15, 0.2) is 66.8 Å². The van der Waals surface area contributed by atoms with E-state index in [0.29, 0.717) is 6.42 Å². The summed E-state index contributed by atoms with van der Waals surface area (Å²) < 4.78 is 26.1. The van der Waals surface area contributed by atoms with Gasteiger partial charge in [-0.25, -0.2) is 8.78 Å². The molecule has 9 heteroatoms. The number of halogens is 2. The molecular weight excluding hydrogens is 406 g/mol. The molecule has 3 unspecified atom stereocenters. The van der Waals surface area contributed by atoms with E-state index in [-0.39, 0.29) is 31.5 Å². The molecule has 1 aromatic carbocycles. The van der Waals surface area contributed by atoms with Gasteiger partial charge in [-0.3, -0.25) is 9.59 Å². The van der Waals surface area contributed by atoms with E-state index in [4.69, 9.17) is 11.5 Å². The Morgan fingerprint density at radius 1 is 1.06 bits per heavy atom. The Labute approximate surface area is 180 Å². The summed E-state index contributed by atoms with van der Waals surface area (Å²) in [5.74, 6) is -2.75. The molecule has 0 aromatic heterocycles. The standard InChI is InChI=1S/C22H30F2N4O3/c1-14(23)10-17(15(2)24)12-18(25)13-20(29)27-8-9-28-22(31)21(30)19(26)11-16-6-4-3-5-7-16/h3-7,10,18-19,21,30H,1-2,8-9,11-13,25-26H2,(H,27,29)(H,28,31)/b17-10-. The second kappa shape index (κ2) is 13.4. The number of amides is 2. The van der Waals surface area contributed by atoms with Crippen LogP contribution in [-0.2, 0) is 16.0 Å². The van der Waals surface area contributed by atoms with Crippen molar-refractivity contribution >= 4 is 11.8 Å². The number of hydrogen-bond donors (Lipinski definition) is 5. The summed E-state index contributed by atoms with van der Waals surface area (Å²) >= 11 is 0. The maximum absolute atomic E-state index is 13.3. The first-order valence-electron chi connectivity index (χ1n) is 9.77. The van der Waals surface area contributed by atoms with Crippen molar-refractivity contribution in [3.05, 3.63) is 72.4 Å². The minimum atomic E-state index is -1.39. The molecule has 31 heavy (non-hydrogen) atoms. The van der Waals surface area contributed by atoms with Gasteiger partial charge in [-0.2, -0.15) is 0 Å². The summed E-state index contributed by atoms with van der Waals surface area (Å²) in [6.45, 7) is 6.29. The lowest BCUT2D eigenvalue weighted by Crippen LogP contribution is -2.48. The lowest BCUT2D eigenvalue weighted by molar-refractivity contribution is -0.130. The van der Waals surface area contributed by atoms with E-state index in [0.717, 1.165) is 11.6 Å². The third kappa shape index (κ3) is 10.6. The van der Waals surface area contributed by atoms with Crippen LogP contribution in [0.3, 0.4) is 0 Å². The van der Waals surface area contributed by atoms with Crippen LogP contribution >= 0.6 is 0 Å². The number of nitrogens with one attached hydrogen (secondary N) is 2. The monoisotopic (exact) mass is 436 g/mol. The topological polar surface area (TPSA) is 130 Å². The van der Waals surface area contributed by atoms with Crippen LogP contribution in [0.1, 0.15) is 18.4 Å². The fraction of sp³-hybridized carbons (Fsp3) is 0.364. The van der Waals surface area contributed by atoms with Crippen molar-refractivity contribution in [2.24, 2.45) is 11.5 Å². The number of aliphatic hydroxyl groups excluding tert-OH is 1. The zero-order chi connectivity index (χ0) is 23.4. The van der Waals surface area contributed by atoms with Gasteiger partial charge in [-0.1, -0.05) is 43.5 Å². The molecule has 1 aromatic rings. The van der Waals surface area contributed by atoms with Crippen LogP contribution in [0.4, 0.5) is 8.78 Å². The van der Waals surface area contributed by atoms with Gasteiger partial charge in [0.2, 0.25) is 5.91 Å². The highest BCUT2D eigenvalue weighted by molar-refractivity contribution is 5.81. The van der Waals surface area contributed by atoms with E-state index in [1.54, 1.807) is 0 Å². The minimum absolute atomic E-state index is 0.0686. The van der Waals surface area contributed by atoms with Crippen molar-refractivity contribution in [1.29, 1.82) is 0 Å². The zero-order valence-electron chi connectivity index (χ0n) is 17.3. The molecule has 0 aliphatic carbocycles. The van der Waals surface area contributed by atoms with Crippen LogP contribution in [0.5, 0.6) is 0 Å². The van der Waals surface area contributed by atoms with Crippen molar-refractivity contribution in [2.75, 3.05) is 13.1 Å². The average Bonchev–Trinajstić information content (AvgIpc) is 2.70. The fourth-order valence-corrected chi connectivity index (χ4v) is 2.79. The predicted octanol–water partition coefficient (Wildman–Crippen LogP) is 1.15. The quantitative estimate of drug-likeness (QED) is 0.234. The van der Waals surface area contributed by atoms with Crippen molar-refractivity contribution in [3.63, 3.8) is 0 Å². The Kier molecular flexibility index (Phi) is 11.3. The Hall–Kier alpha value is -2.88. The third-order valence-electron chi connectivity index (χ3n) is 4.34. The van der Waals surface area contributed by atoms with Gasteiger partial charge in [0, 0.05) is 31.6 Å². The first-order chi connectivity index (χ1) is 14.6. The second-order valence-corrected chi connectivity index (χ2v) is 7.13. The SMILES string of the molecule is C=C(F)/C=C(/CC(N)CC(=O)NCCNC(=O)C(O)C(N)Cc1ccccc1)C(=C)F. The number of aliphatic hydroxyl groups is 1. The molecular formula is C22H30F2N4O3. The molecule has 0 fully saturated rings. The highest BCUT2D eigenvalue weighted by Gasteiger charge is 2.22. The maximum Gasteiger partial charge on any atom is 0.250 e. The molecule has 2 amide bonds. The zero-order valence-corrected chi connectivity index (χ0v) is 17.3. The molecule has 0 bridgehead atoms. The molecule has 0 saturated heterocycles. The lowest BCUT2D eigenvalue weighted by Gasteiger charge is -2.18. The summed E-state index contributed by atoms with van der Waals surface area (Å²) in [7, 11) is 0. The van der Waals surface area contributed by atoms with Crippen molar-refractivity contribution in [2.45, 2.75) is 37.5 Å². The summed E-state index contributed by atoms with van der Waals surface area (Å²) in [6.07, 6.45) is -0.408. The number of carbonyl (C=O) groups excluding carboxylic acids is 2. The van der Waals surface area contributed by atoms with E-state index in [1.807, 2.05) is 30.3 Å². The van der Waals surface area contributed by atoms with Gasteiger partial charge in [-0.15, -0.1) is 0 Å². The average molecular weight is 437 g/mol. The Morgan fingerprint density at radius 3 is 2.26 bits per heavy atom. The van der Waals surface area contributed by atoms with E-state index < -0.39 is 41.7 Å². The molecule has 0 radical (unpaired) electrons. The molecule has 0 aliphatic heterocycles. The van der Waals surface area contributed by atoms with Crippen molar-refractivity contribution in [3.8, 4) is 0 Å². The van der Waals surface area contributed by atoms with Gasteiger partial charge >= 0.3 is 0 Å². The van der Waals surface area contributed by atoms with Gasteiger partial charge in [0.15, 0.2) is 0 Å². The summed E-state index contributed by atoms with van der Waals surface area (Å²) in [4.78, 5) is 23.9. The molecule has 0 heterocycles. The van der Waals surface area contributed by atoms with Gasteiger partial charge < -0.3 is 27.2 Å². The number of nitrogens with two attached hydrogens (primary N) is 2. The maximum atomic E-state index is 13.3. The molecule has 7 nitrogen and oxygen atoms in total. The van der Waals surface area contributed by atoms with Crippen LogP contribution < -0.4 is 22.1 Å². The van der Waals surface area contributed by atoms with Crippen LogP contribution in [0.2, 0.25) is 0 Å². The number of benzene rings is 1. The lowest BCUT2D eigenvalue weighted by atomic mass is 10.0. The third-order valence-corrected chi connectivity index (χ3v) is 4.34. The number of allylic oxidation sites excluding steroid dienone is 3. The van der Waals surface area contributed by atoms with Crippen LogP contribution in [-0.4, -0.2) is 48.2 Å². The van der Waals surface area contributed by atoms with Gasteiger partial charge in [0.25, 0.3) is 5.91 Å². The fourth-order valence-electron chi connectivity index (χ4n) is 2.79. The molecule has 1 rings (SSSR count). The number of hydrogen-bond acceptors (Lipinski definition) is 5. The Balaban J connectivity index is 2.33. The smallest absolute Gasteiger partial charge is 0.250 e. The first kappa shape index (κ1) is 26.2. The summed E-state index contributed by atoms with van der Waals surface area (Å²) in [6, 6.07) is 7.70. The van der Waals surface area contributed by atoms with Crippen molar-refractivity contribution in [1.82, 2.24) is 10.6 Å². The van der Waals surface area contributed by atoms with Gasteiger partial charge in [0.1, 0.15) is 17.8 Å². The van der Waals surface area contributed by atoms with Crippen LogP contribution in [0.25, 0.3) is 0 Å². The summed E-state index contributed by atoms with van der Waals surface area (Å²) in [5, 5.41) is 15.1. The van der Waals surface area contributed by atoms with Crippen molar-refractivity contribution < 1.29 is 23.5 Å². The van der Waals surface area contributed by atoms with Crippen LogP contribution in [0, 0.1) is 0 Å².